The number of anilines is 1. The molecule has 29 heavy (non-hydrogen) atoms. The number of hydrogen-bond donors (Lipinski definition) is 1. The summed E-state index contributed by atoms with van der Waals surface area (Å²) in [6, 6.07) is 12.0. The molecule has 0 atom stereocenters. The van der Waals surface area contributed by atoms with Gasteiger partial charge in [0.15, 0.2) is 0 Å². The largest absolute Gasteiger partial charge is 0.497 e. The summed E-state index contributed by atoms with van der Waals surface area (Å²) in [7, 11) is -0.473. The predicted octanol–water partition coefficient (Wildman–Crippen LogP) is 3.05. The van der Waals surface area contributed by atoms with Crippen molar-refractivity contribution in [3.05, 3.63) is 48.0 Å². The Balaban J connectivity index is 1.63. The number of nitrogens with zero attached hydrogens (tertiary/aromatic N) is 1. The Hall–Kier alpha value is -2.58. The van der Waals surface area contributed by atoms with Crippen molar-refractivity contribution >= 4 is 21.6 Å². The molecule has 1 aliphatic rings. The normalized spacial score (nSPS) is 15.7. The average Bonchev–Trinajstić information content (AvgIpc) is 2.73. The molecule has 1 amide bonds. The summed E-state index contributed by atoms with van der Waals surface area (Å²) in [5, 5.41) is 2.89. The Bertz CT molecular complexity index is 982. The average molecular weight is 419 g/mol. The fourth-order valence-electron chi connectivity index (χ4n) is 3.46. The highest BCUT2D eigenvalue weighted by Gasteiger charge is 2.32. The monoisotopic (exact) mass is 418 g/mol. The van der Waals surface area contributed by atoms with Gasteiger partial charge >= 0.3 is 0 Å². The Kier molecular flexibility index (Phi) is 6.44. The Morgan fingerprint density at radius 3 is 2.41 bits per heavy atom. The molecule has 1 N–H and O–H groups in total. The lowest BCUT2D eigenvalue weighted by Gasteiger charge is -2.30. The molecule has 8 heteroatoms. The fraction of sp³-hybridized carbons (Fsp3) is 0.381. The number of nitrogens with one attached hydrogen (secondary N) is 1. The second-order valence-electron chi connectivity index (χ2n) is 7.03. The van der Waals surface area contributed by atoms with Gasteiger partial charge < -0.3 is 14.8 Å². The summed E-state index contributed by atoms with van der Waals surface area (Å²) in [6.45, 7) is 2.43. The van der Waals surface area contributed by atoms with Gasteiger partial charge in [0.05, 0.1) is 19.1 Å². The van der Waals surface area contributed by atoms with E-state index < -0.39 is 10.0 Å². The van der Waals surface area contributed by atoms with Crippen molar-refractivity contribution in [1.29, 1.82) is 0 Å². The van der Waals surface area contributed by atoms with Crippen LogP contribution >= 0.6 is 0 Å². The maximum atomic E-state index is 12.9. The number of benzene rings is 2. The van der Waals surface area contributed by atoms with Crippen LogP contribution in [-0.2, 0) is 14.8 Å². The minimum absolute atomic E-state index is 0.101. The van der Waals surface area contributed by atoms with Crippen LogP contribution in [0.5, 0.6) is 11.5 Å². The van der Waals surface area contributed by atoms with Crippen molar-refractivity contribution in [3.63, 3.8) is 0 Å². The molecule has 3 rings (SSSR count). The van der Waals surface area contributed by atoms with Gasteiger partial charge in [-0.2, -0.15) is 4.31 Å². The molecular formula is C21H26N2O5S. The van der Waals surface area contributed by atoms with Crippen LogP contribution in [0, 0.1) is 12.8 Å². The highest BCUT2D eigenvalue weighted by Crippen LogP contribution is 2.28. The number of hydrogen-bond acceptors (Lipinski definition) is 5. The lowest BCUT2D eigenvalue weighted by Crippen LogP contribution is -2.41. The molecular weight excluding hydrogens is 392 g/mol. The van der Waals surface area contributed by atoms with E-state index in [2.05, 4.69) is 5.32 Å². The van der Waals surface area contributed by atoms with Crippen LogP contribution in [0.2, 0.25) is 0 Å². The number of methoxy groups -OCH3 is 2. The summed E-state index contributed by atoms with van der Waals surface area (Å²) < 4.78 is 37.7. The molecule has 0 bridgehead atoms. The molecule has 0 radical (unpaired) electrons. The molecule has 1 fully saturated rings. The molecule has 1 heterocycles. The van der Waals surface area contributed by atoms with Crippen LogP contribution in [0.15, 0.2) is 47.4 Å². The smallest absolute Gasteiger partial charge is 0.243 e. The van der Waals surface area contributed by atoms with Crippen molar-refractivity contribution in [2.75, 3.05) is 32.6 Å². The molecule has 0 spiro atoms. The summed E-state index contributed by atoms with van der Waals surface area (Å²) in [4.78, 5) is 12.8. The van der Waals surface area contributed by atoms with Crippen molar-refractivity contribution in [1.82, 2.24) is 4.31 Å². The van der Waals surface area contributed by atoms with E-state index in [0.29, 0.717) is 43.1 Å². The first-order valence-electron chi connectivity index (χ1n) is 9.45. The molecule has 7 nitrogen and oxygen atoms in total. The number of ether oxygens (including phenoxy) is 2. The van der Waals surface area contributed by atoms with Crippen LogP contribution < -0.4 is 14.8 Å². The SMILES string of the molecule is COc1cccc(NC(=O)C2CCN(S(=O)(=O)c3ccc(OC)c(C)c3)CC2)c1. The van der Waals surface area contributed by atoms with Crippen molar-refractivity contribution in [3.8, 4) is 11.5 Å². The van der Waals surface area contributed by atoms with E-state index in [0.717, 1.165) is 5.56 Å². The van der Waals surface area contributed by atoms with Crippen molar-refractivity contribution in [2.24, 2.45) is 5.92 Å². The third-order valence-electron chi connectivity index (χ3n) is 5.17. The molecule has 1 aliphatic heterocycles. The molecule has 0 unspecified atom stereocenters. The predicted molar refractivity (Wildman–Crippen MR) is 111 cm³/mol. The number of carbonyl (C=O) groups is 1. The van der Waals surface area contributed by atoms with Gasteiger partial charge in [-0.25, -0.2) is 8.42 Å². The van der Waals surface area contributed by atoms with E-state index in [1.807, 2.05) is 6.92 Å². The lowest BCUT2D eigenvalue weighted by molar-refractivity contribution is -0.120. The van der Waals surface area contributed by atoms with E-state index >= 15 is 0 Å². The first-order valence-corrected chi connectivity index (χ1v) is 10.9. The number of aryl methyl sites for hydroxylation is 1. The fourth-order valence-corrected chi connectivity index (χ4v) is 5.02. The second kappa shape index (κ2) is 8.84. The number of carbonyl (C=O) groups excluding carboxylic acids is 1. The van der Waals surface area contributed by atoms with Gasteiger partial charge in [0.1, 0.15) is 11.5 Å². The quantitative estimate of drug-likeness (QED) is 0.779. The van der Waals surface area contributed by atoms with Crippen LogP contribution in [0.3, 0.4) is 0 Å². The minimum atomic E-state index is -3.60. The summed E-state index contributed by atoms with van der Waals surface area (Å²) >= 11 is 0. The van der Waals surface area contributed by atoms with Gasteiger partial charge in [0, 0.05) is 30.8 Å². The Morgan fingerprint density at radius 2 is 1.79 bits per heavy atom. The molecule has 1 saturated heterocycles. The zero-order valence-corrected chi connectivity index (χ0v) is 17.7. The van der Waals surface area contributed by atoms with Crippen LogP contribution in [0.4, 0.5) is 5.69 Å². The standard InChI is InChI=1S/C21H26N2O5S/c1-15-13-19(7-8-20(15)28-3)29(25,26)23-11-9-16(10-12-23)21(24)22-17-5-4-6-18(14-17)27-2/h4-8,13-14,16H,9-12H2,1-3H3,(H,22,24). The third-order valence-corrected chi connectivity index (χ3v) is 7.06. The second-order valence-corrected chi connectivity index (χ2v) is 8.97. The lowest BCUT2D eigenvalue weighted by atomic mass is 9.97. The molecule has 2 aromatic carbocycles. The van der Waals surface area contributed by atoms with Gasteiger partial charge in [-0.1, -0.05) is 6.07 Å². The van der Waals surface area contributed by atoms with Gasteiger partial charge in [-0.05, 0) is 55.7 Å². The van der Waals surface area contributed by atoms with Gasteiger partial charge in [-0.3, -0.25) is 4.79 Å². The molecule has 156 valence electrons. The number of sulfonamides is 1. The topological polar surface area (TPSA) is 84.9 Å². The van der Waals surface area contributed by atoms with E-state index in [9.17, 15) is 13.2 Å². The summed E-state index contributed by atoms with van der Waals surface area (Å²) in [6.07, 6.45) is 0.953. The summed E-state index contributed by atoms with van der Waals surface area (Å²) in [5.41, 5.74) is 1.43. The van der Waals surface area contributed by atoms with E-state index in [-0.39, 0.29) is 16.7 Å². The molecule has 0 saturated carbocycles. The number of amides is 1. The number of piperidine rings is 1. The molecule has 2 aromatic rings. The Morgan fingerprint density at radius 1 is 1.07 bits per heavy atom. The van der Waals surface area contributed by atoms with Crippen LogP contribution in [-0.4, -0.2) is 45.9 Å². The van der Waals surface area contributed by atoms with Gasteiger partial charge in [-0.15, -0.1) is 0 Å². The first-order chi connectivity index (χ1) is 13.8. The number of rotatable bonds is 6. The highest BCUT2D eigenvalue weighted by atomic mass is 32.2. The van der Waals surface area contributed by atoms with Crippen molar-refractivity contribution < 1.29 is 22.7 Å². The maximum absolute atomic E-state index is 12.9. The molecule has 0 aromatic heterocycles. The third kappa shape index (κ3) is 4.71. The first kappa shape index (κ1) is 21.1. The van der Waals surface area contributed by atoms with Crippen LogP contribution in [0.25, 0.3) is 0 Å². The summed E-state index contributed by atoms with van der Waals surface area (Å²) in [5.74, 6) is 0.983. The van der Waals surface area contributed by atoms with Gasteiger partial charge in [0.25, 0.3) is 0 Å². The Labute approximate surface area is 171 Å². The van der Waals surface area contributed by atoms with Gasteiger partial charge in [0.2, 0.25) is 15.9 Å². The van der Waals surface area contributed by atoms with Crippen molar-refractivity contribution in [2.45, 2.75) is 24.7 Å². The van der Waals surface area contributed by atoms with E-state index in [1.54, 1.807) is 56.7 Å². The molecule has 0 aliphatic carbocycles. The zero-order chi connectivity index (χ0) is 21.0. The highest BCUT2D eigenvalue weighted by molar-refractivity contribution is 7.89. The van der Waals surface area contributed by atoms with E-state index in [1.165, 1.54) is 4.31 Å². The zero-order valence-electron chi connectivity index (χ0n) is 16.8. The minimum Gasteiger partial charge on any atom is -0.497 e. The van der Waals surface area contributed by atoms with Crippen LogP contribution in [0.1, 0.15) is 18.4 Å². The maximum Gasteiger partial charge on any atom is 0.243 e. The van der Waals surface area contributed by atoms with E-state index in [4.69, 9.17) is 9.47 Å².